The van der Waals surface area contributed by atoms with E-state index in [0.717, 1.165) is 28.1 Å². The van der Waals surface area contributed by atoms with E-state index in [1.165, 1.54) is 10.9 Å². The molecule has 0 bridgehead atoms. The number of carbonyl (C=O) groups is 1. The van der Waals surface area contributed by atoms with Crippen LogP contribution in [0, 0.1) is 20.8 Å². The highest BCUT2D eigenvalue weighted by Gasteiger charge is 2.17. The first-order chi connectivity index (χ1) is 17.8. The first-order valence-electron chi connectivity index (χ1n) is 12.0. The van der Waals surface area contributed by atoms with E-state index in [1.54, 1.807) is 17.7 Å². The van der Waals surface area contributed by atoms with Crippen LogP contribution in [0.1, 0.15) is 29.3 Å². The summed E-state index contributed by atoms with van der Waals surface area (Å²) in [5.74, 6) is 1.10. The number of aromatic nitrogens is 6. The van der Waals surface area contributed by atoms with Gasteiger partial charge in [-0.1, -0.05) is 18.2 Å². The van der Waals surface area contributed by atoms with Crippen molar-refractivity contribution in [3.8, 4) is 17.4 Å². The lowest BCUT2D eigenvalue weighted by atomic mass is 10.1. The summed E-state index contributed by atoms with van der Waals surface area (Å²) in [6.07, 6.45) is 1.66. The molecule has 0 atom stereocenters. The largest absolute Gasteiger partial charge is 0.494 e. The fourth-order valence-electron chi connectivity index (χ4n) is 4.05. The van der Waals surface area contributed by atoms with Crippen LogP contribution >= 0.6 is 0 Å². The van der Waals surface area contributed by atoms with E-state index in [2.05, 4.69) is 25.5 Å². The molecule has 3 aromatic heterocycles. The molecule has 5 aromatic rings. The van der Waals surface area contributed by atoms with Gasteiger partial charge in [-0.05, 0) is 68.7 Å². The normalized spacial score (nSPS) is 11.1. The highest BCUT2D eigenvalue weighted by Crippen LogP contribution is 2.20. The third kappa shape index (κ3) is 4.86. The van der Waals surface area contributed by atoms with Crippen LogP contribution in [-0.4, -0.2) is 42.0 Å². The Morgan fingerprint density at radius 1 is 1.03 bits per heavy atom. The second-order valence-electron chi connectivity index (χ2n) is 8.84. The van der Waals surface area contributed by atoms with Crippen molar-refractivity contribution in [3.63, 3.8) is 0 Å². The molecule has 10 heteroatoms. The monoisotopic (exact) mass is 497 g/mol. The first kappa shape index (κ1) is 24.0. The number of carbonyl (C=O) groups excluding carboxylic acids is 1. The zero-order valence-corrected chi connectivity index (χ0v) is 21.1. The highest BCUT2D eigenvalue weighted by atomic mass is 16.5. The van der Waals surface area contributed by atoms with Gasteiger partial charge < -0.3 is 10.1 Å². The summed E-state index contributed by atoms with van der Waals surface area (Å²) >= 11 is 0. The van der Waals surface area contributed by atoms with Crippen molar-refractivity contribution in [2.45, 2.75) is 34.1 Å². The minimum atomic E-state index is -0.352. The molecular formula is C27H27N7O3. The molecule has 2 N–H and O–H groups in total. The molecule has 0 fully saturated rings. The quantitative estimate of drug-likeness (QED) is 0.353. The lowest BCUT2D eigenvalue weighted by Crippen LogP contribution is -2.20. The van der Waals surface area contributed by atoms with Crippen molar-refractivity contribution in [2.24, 2.45) is 0 Å². The Labute approximate surface area is 212 Å². The third-order valence-electron chi connectivity index (χ3n) is 6.06. The van der Waals surface area contributed by atoms with Crippen LogP contribution in [0.25, 0.3) is 22.7 Å². The first-order valence-corrected chi connectivity index (χ1v) is 12.0. The molecule has 0 saturated carbocycles. The molecule has 5 rings (SSSR count). The summed E-state index contributed by atoms with van der Waals surface area (Å²) in [5.41, 5.74) is 4.59. The highest BCUT2D eigenvalue weighted by molar-refractivity contribution is 5.91. The van der Waals surface area contributed by atoms with Gasteiger partial charge in [-0.2, -0.15) is 19.9 Å². The van der Waals surface area contributed by atoms with Crippen molar-refractivity contribution in [2.75, 3.05) is 11.9 Å². The zero-order valence-electron chi connectivity index (χ0n) is 21.1. The summed E-state index contributed by atoms with van der Waals surface area (Å²) in [4.78, 5) is 33.2. The summed E-state index contributed by atoms with van der Waals surface area (Å²) in [7, 11) is 0. The molecule has 0 unspecified atom stereocenters. The maximum absolute atomic E-state index is 12.9. The number of amides is 1. The number of hydrogen-bond donors (Lipinski definition) is 2. The average molecular weight is 498 g/mol. The SMILES string of the molecule is CCOc1ccc(CC(=O)Nc2cc(C)nn2-c2nc3c(cnn3-c3ccc(C)c(C)c3)c(=O)[nH]2)cc1. The molecule has 0 spiro atoms. The van der Waals surface area contributed by atoms with Gasteiger partial charge >= 0.3 is 0 Å². The lowest BCUT2D eigenvalue weighted by Gasteiger charge is -2.10. The molecular weight excluding hydrogens is 470 g/mol. The van der Waals surface area contributed by atoms with Gasteiger partial charge in [0.25, 0.3) is 5.56 Å². The minimum Gasteiger partial charge on any atom is -0.494 e. The fourth-order valence-corrected chi connectivity index (χ4v) is 4.05. The predicted octanol–water partition coefficient (Wildman–Crippen LogP) is 3.80. The maximum Gasteiger partial charge on any atom is 0.263 e. The van der Waals surface area contributed by atoms with Gasteiger partial charge in [0.2, 0.25) is 11.9 Å². The molecule has 0 aliphatic heterocycles. The topological polar surface area (TPSA) is 120 Å². The molecule has 0 aliphatic carbocycles. The van der Waals surface area contributed by atoms with E-state index in [9.17, 15) is 9.59 Å². The average Bonchev–Trinajstić information content (AvgIpc) is 3.46. The van der Waals surface area contributed by atoms with Gasteiger partial charge in [0.15, 0.2) is 5.65 Å². The number of benzene rings is 2. The Bertz CT molecular complexity index is 1660. The summed E-state index contributed by atoms with van der Waals surface area (Å²) in [6, 6.07) is 15.0. The van der Waals surface area contributed by atoms with E-state index >= 15 is 0 Å². The molecule has 2 aromatic carbocycles. The van der Waals surface area contributed by atoms with Crippen LogP contribution in [0.5, 0.6) is 5.75 Å². The van der Waals surface area contributed by atoms with Crippen LogP contribution in [0.4, 0.5) is 5.82 Å². The standard InChI is InChI=1S/C27H27N7O3/c1-5-37-21-10-7-19(8-11-21)14-24(35)29-23-13-18(4)32-34(23)27-30-25-22(26(36)31-27)15-28-33(25)20-9-6-16(2)17(3)12-20/h6-13,15H,5,14H2,1-4H3,(H,29,35)(H,30,31,36). The number of fused-ring (bicyclic) bond motifs is 1. The molecule has 0 radical (unpaired) electrons. The van der Waals surface area contributed by atoms with Gasteiger partial charge in [0.05, 0.1) is 30.6 Å². The zero-order chi connectivity index (χ0) is 26.1. The number of aromatic amines is 1. The molecule has 1 amide bonds. The number of aryl methyl sites for hydroxylation is 3. The van der Waals surface area contributed by atoms with Crippen LogP contribution in [0.2, 0.25) is 0 Å². The van der Waals surface area contributed by atoms with Gasteiger partial charge in [-0.15, -0.1) is 0 Å². The van der Waals surface area contributed by atoms with Crippen molar-refractivity contribution in [3.05, 3.63) is 87.5 Å². The number of anilines is 1. The molecule has 3 heterocycles. The van der Waals surface area contributed by atoms with E-state index in [0.29, 0.717) is 29.2 Å². The Kier molecular flexibility index (Phi) is 6.31. The number of nitrogens with zero attached hydrogens (tertiary/aromatic N) is 5. The number of H-pyrrole nitrogens is 1. The van der Waals surface area contributed by atoms with Crippen molar-refractivity contribution >= 4 is 22.8 Å². The van der Waals surface area contributed by atoms with Gasteiger partial charge in [-0.25, -0.2) is 4.68 Å². The summed E-state index contributed by atoms with van der Waals surface area (Å²) < 4.78 is 8.50. The lowest BCUT2D eigenvalue weighted by molar-refractivity contribution is -0.115. The Morgan fingerprint density at radius 2 is 1.81 bits per heavy atom. The van der Waals surface area contributed by atoms with Crippen molar-refractivity contribution in [1.82, 2.24) is 29.5 Å². The fraction of sp³-hybridized carbons (Fsp3) is 0.222. The Balaban J connectivity index is 1.46. The summed E-state index contributed by atoms with van der Waals surface area (Å²) in [5, 5.41) is 12.1. The van der Waals surface area contributed by atoms with Gasteiger partial charge in [0, 0.05) is 6.07 Å². The predicted molar refractivity (Wildman–Crippen MR) is 141 cm³/mol. The van der Waals surface area contributed by atoms with Crippen LogP contribution in [0.3, 0.4) is 0 Å². The van der Waals surface area contributed by atoms with E-state index in [1.807, 2.05) is 63.2 Å². The minimum absolute atomic E-state index is 0.166. The molecule has 188 valence electrons. The second-order valence-corrected chi connectivity index (χ2v) is 8.84. The van der Waals surface area contributed by atoms with E-state index in [-0.39, 0.29) is 23.8 Å². The molecule has 0 saturated heterocycles. The van der Waals surface area contributed by atoms with E-state index in [4.69, 9.17) is 4.74 Å². The summed E-state index contributed by atoms with van der Waals surface area (Å²) in [6.45, 7) is 8.35. The van der Waals surface area contributed by atoms with Crippen molar-refractivity contribution in [1.29, 1.82) is 0 Å². The van der Waals surface area contributed by atoms with Gasteiger partial charge in [-0.3, -0.25) is 14.6 Å². The Morgan fingerprint density at radius 3 is 2.54 bits per heavy atom. The van der Waals surface area contributed by atoms with Crippen LogP contribution in [0.15, 0.2) is 59.5 Å². The number of nitrogens with one attached hydrogen (secondary N) is 2. The Hall–Kier alpha value is -4.73. The van der Waals surface area contributed by atoms with Gasteiger partial charge in [0.1, 0.15) is 17.0 Å². The molecule has 10 nitrogen and oxygen atoms in total. The van der Waals surface area contributed by atoms with Crippen molar-refractivity contribution < 1.29 is 9.53 Å². The van der Waals surface area contributed by atoms with E-state index < -0.39 is 0 Å². The maximum atomic E-state index is 12.9. The number of hydrogen-bond acceptors (Lipinski definition) is 6. The number of ether oxygens (including phenoxy) is 1. The second kappa shape index (κ2) is 9.73. The van der Waals surface area contributed by atoms with Crippen LogP contribution in [-0.2, 0) is 11.2 Å². The van der Waals surface area contributed by atoms with Crippen LogP contribution < -0.4 is 15.6 Å². The third-order valence-corrected chi connectivity index (χ3v) is 6.06. The smallest absolute Gasteiger partial charge is 0.263 e. The molecule has 0 aliphatic rings. The number of rotatable bonds is 7. The molecule has 37 heavy (non-hydrogen) atoms.